The summed E-state index contributed by atoms with van der Waals surface area (Å²) in [5.41, 5.74) is 0.936. The second kappa shape index (κ2) is 4.79. The van der Waals surface area contributed by atoms with Gasteiger partial charge in [-0.05, 0) is 31.9 Å². The molecule has 20 heavy (non-hydrogen) atoms. The van der Waals surface area contributed by atoms with Crippen molar-refractivity contribution in [2.75, 3.05) is 6.61 Å². The highest BCUT2D eigenvalue weighted by molar-refractivity contribution is 6.01. The van der Waals surface area contributed by atoms with E-state index >= 15 is 0 Å². The number of nitrogens with zero attached hydrogens (tertiary/aromatic N) is 1. The van der Waals surface area contributed by atoms with Gasteiger partial charge in [-0.2, -0.15) is 0 Å². The van der Waals surface area contributed by atoms with Gasteiger partial charge in [0.1, 0.15) is 0 Å². The zero-order valence-corrected chi connectivity index (χ0v) is 11.1. The molecule has 6 nitrogen and oxygen atoms in total. The van der Waals surface area contributed by atoms with E-state index in [9.17, 15) is 14.7 Å². The molecule has 0 aliphatic carbocycles. The van der Waals surface area contributed by atoms with Crippen LogP contribution in [0.2, 0.25) is 0 Å². The summed E-state index contributed by atoms with van der Waals surface area (Å²) in [7, 11) is 0. The third-order valence-electron chi connectivity index (χ3n) is 3.79. The quantitative estimate of drug-likeness (QED) is 0.875. The van der Waals surface area contributed by atoms with Gasteiger partial charge in [-0.15, -0.1) is 0 Å². The van der Waals surface area contributed by atoms with Gasteiger partial charge in [0, 0.05) is 12.6 Å². The number of H-pyrrole nitrogens is 1. The van der Waals surface area contributed by atoms with E-state index in [1.807, 2.05) is 6.92 Å². The maximum atomic E-state index is 12.2. The highest BCUT2D eigenvalue weighted by Gasteiger charge is 2.26. The monoisotopic (exact) mass is 276 g/mol. The number of benzene rings is 1. The molecular formula is C14H16N2O4. The summed E-state index contributed by atoms with van der Waals surface area (Å²) in [6.45, 7) is 2.55. The Balaban J connectivity index is 2.21. The largest absolute Gasteiger partial charge is 0.478 e. The van der Waals surface area contributed by atoms with Crippen LogP contribution in [0.3, 0.4) is 0 Å². The molecule has 2 heterocycles. The van der Waals surface area contributed by atoms with Crippen LogP contribution in [0.25, 0.3) is 11.0 Å². The van der Waals surface area contributed by atoms with Crippen molar-refractivity contribution in [3.63, 3.8) is 0 Å². The molecule has 2 atom stereocenters. The fourth-order valence-corrected chi connectivity index (χ4v) is 2.91. The number of carbonyl (C=O) groups is 1. The van der Waals surface area contributed by atoms with E-state index in [1.54, 1.807) is 16.7 Å². The predicted molar refractivity (Wildman–Crippen MR) is 73.2 cm³/mol. The summed E-state index contributed by atoms with van der Waals surface area (Å²) < 4.78 is 7.07. The number of carboxylic acids is 1. The molecule has 0 amide bonds. The van der Waals surface area contributed by atoms with Gasteiger partial charge < -0.3 is 14.8 Å². The smallest absolute Gasteiger partial charge is 0.337 e. The Kier molecular flexibility index (Phi) is 3.10. The number of imidazole rings is 1. The summed E-state index contributed by atoms with van der Waals surface area (Å²) in [6.07, 6.45) is 1.49. The lowest BCUT2D eigenvalue weighted by molar-refractivity contribution is 0.00614. The first kappa shape index (κ1) is 12.9. The lowest BCUT2D eigenvalue weighted by Gasteiger charge is -2.28. The Bertz CT molecular complexity index is 716. The Morgan fingerprint density at radius 1 is 1.50 bits per heavy atom. The number of aromatic carboxylic acids is 1. The van der Waals surface area contributed by atoms with Crippen molar-refractivity contribution < 1.29 is 14.6 Å². The van der Waals surface area contributed by atoms with E-state index in [0.29, 0.717) is 30.5 Å². The van der Waals surface area contributed by atoms with Crippen molar-refractivity contribution in [1.29, 1.82) is 0 Å². The number of para-hydroxylation sites is 1. The van der Waals surface area contributed by atoms with Gasteiger partial charge in [0.05, 0.1) is 22.7 Å². The van der Waals surface area contributed by atoms with Crippen molar-refractivity contribution >= 4 is 17.0 Å². The van der Waals surface area contributed by atoms with Gasteiger partial charge in [0.25, 0.3) is 0 Å². The summed E-state index contributed by atoms with van der Waals surface area (Å²) >= 11 is 0. The number of aromatic nitrogens is 2. The van der Waals surface area contributed by atoms with Crippen molar-refractivity contribution in [3.8, 4) is 0 Å². The average Bonchev–Trinajstić information content (AvgIpc) is 2.74. The van der Waals surface area contributed by atoms with Gasteiger partial charge in [-0.3, -0.25) is 4.57 Å². The van der Waals surface area contributed by atoms with Crippen LogP contribution in [0.4, 0.5) is 0 Å². The minimum Gasteiger partial charge on any atom is -0.478 e. The fraction of sp³-hybridized carbons (Fsp3) is 0.429. The van der Waals surface area contributed by atoms with Crippen LogP contribution >= 0.6 is 0 Å². The van der Waals surface area contributed by atoms with Crippen LogP contribution in [-0.2, 0) is 4.74 Å². The van der Waals surface area contributed by atoms with Crippen LogP contribution in [-0.4, -0.2) is 33.3 Å². The van der Waals surface area contributed by atoms with E-state index in [-0.39, 0.29) is 23.4 Å². The number of aromatic amines is 1. The molecule has 0 radical (unpaired) electrons. The van der Waals surface area contributed by atoms with E-state index in [4.69, 9.17) is 4.74 Å². The number of rotatable bonds is 2. The molecule has 3 rings (SSSR count). The van der Waals surface area contributed by atoms with Crippen molar-refractivity contribution in [2.45, 2.75) is 31.9 Å². The van der Waals surface area contributed by atoms with Gasteiger partial charge in [0.2, 0.25) is 0 Å². The Labute approximate surface area is 115 Å². The number of nitrogens with one attached hydrogen (secondary N) is 1. The standard InChI is InChI=1S/C14H16N2O4/c1-8-7-9(5-6-20-8)16-12-10(13(17)18)3-2-4-11(12)15-14(16)19/h2-4,8-9H,5-7H2,1H3,(H,15,19)(H,17,18). The lowest BCUT2D eigenvalue weighted by atomic mass is 10.0. The van der Waals surface area contributed by atoms with Crippen LogP contribution in [0, 0.1) is 0 Å². The van der Waals surface area contributed by atoms with Gasteiger partial charge in [-0.1, -0.05) is 6.07 Å². The fourth-order valence-electron chi connectivity index (χ4n) is 2.91. The van der Waals surface area contributed by atoms with Crippen LogP contribution in [0.15, 0.2) is 23.0 Å². The number of hydrogen-bond acceptors (Lipinski definition) is 3. The Morgan fingerprint density at radius 3 is 3.00 bits per heavy atom. The average molecular weight is 276 g/mol. The summed E-state index contributed by atoms with van der Waals surface area (Å²) in [4.78, 5) is 26.3. The first-order valence-corrected chi connectivity index (χ1v) is 6.66. The molecule has 6 heteroatoms. The molecule has 1 aromatic carbocycles. The molecule has 1 aliphatic heterocycles. The van der Waals surface area contributed by atoms with Gasteiger partial charge in [-0.25, -0.2) is 9.59 Å². The number of carboxylic acid groups (broad SMARTS) is 1. The third-order valence-corrected chi connectivity index (χ3v) is 3.79. The van der Waals surface area contributed by atoms with Crippen molar-refractivity contribution in [1.82, 2.24) is 9.55 Å². The molecule has 2 aromatic rings. The first-order chi connectivity index (χ1) is 9.58. The molecule has 1 saturated heterocycles. The number of fused-ring (bicyclic) bond motifs is 1. The summed E-state index contributed by atoms with van der Waals surface area (Å²) in [5, 5.41) is 9.31. The zero-order valence-electron chi connectivity index (χ0n) is 11.1. The second-order valence-electron chi connectivity index (χ2n) is 5.17. The molecule has 1 aromatic heterocycles. The zero-order chi connectivity index (χ0) is 14.3. The second-order valence-corrected chi connectivity index (χ2v) is 5.17. The number of ether oxygens (including phenoxy) is 1. The van der Waals surface area contributed by atoms with Crippen molar-refractivity contribution in [3.05, 3.63) is 34.2 Å². The Hall–Kier alpha value is -2.08. The maximum Gasteiger partial charge on any atom is 0.337 e. The summed E-state index contributed by atoms with van der Waals surface area (Å²) in [6, 6.07) is 4.86. The lowest BCUT2D eigenvalue weighted by Crippen LogP contribution is -2.31. The first-order valence-electron chi connectivity index (χ1n) is 6.66. The SMILES string of the molecule is CC1CC(n2c(=O)[nH]c3cccc(C(=O)O)c32)CCO1. The third kappa shape index (κ3) is 2.02. The van der Waals surface area contributed by atoms with E-state index < -0.39 is 5.97 Å². The Morgan fingerprint density at radius 2 is 2.30 bits per heavy atom. The minimum absolute atomic E-state index is 0.0273. The van der Waals surface area contributed by atoms with Gasteiger partial charge in [0.15, 0.2) is 0 Å². The molecule has 0 spiro atoms. The predicted octanol–water partition coefficient (Wildman–Crippen LogP) is 1.77. The van der Waals surface area contributed by atoms with E-state index in [1.165, 1.54) is 6.07 Å². The molecule has 1 fully saturated rings. The highest BCUT2D eigenvalue weighted by Crippen LogP contribution is 2.28. The van der Waals surface area contributed by atoms with Crippen LogP contribution in [0.5, 0.6) is 0 Å². The van der Waals surface area contributed by atoms with Crippen LogP contribution < -0.4 is 5.69 Å². The number of hydrogen-bond donors (Lipinski definition) is 2. The van der Waals surface area contributed by atoms with E-state index in [0.717, 1.165) is 0 Å². The van der Waals surface area contributed by atoms with Crippen LogP contribution in [0.1, 0.15) is 36.2 Å². The molecule has 2 unspecified atom stereocenters. The maximum absolute atomic E-state index is 12.2. The van der Waals surface area contributed by atoms with E-state index in [2.05, 4.69) is 4.98 Å². The topological polar surface area (TPSA) is 84.3 Å². The molecule has 1 aliphatic rings. The molecule has 0 saturated carbocycles. The molecule has 106 valence electrons. The highest BCUT2D eigenvalue weighted by atomic mass is 16.5. The molecule has 2 N–H and O–H groups in total. The summed E-state index contributed by atoms with van der Waals surface area (Å²) in [5.74, 6) is -1.02. The normalized spacial score (nSPS) is 23.1. The van der Waals surface area contributed by atoms with Crippen molar-refractivity contribution in [2.24, 2.45) is 0 Å². The molecular weight excluding hydrogens is 260 g/mol. The van der Waals surface area contributed by atoms with Gasteiger partial charge >= 0.3 is 11.7 Å². The minimum atomic E-state index is -1.02. The molecule has 0 bridgehead atoms.